The fraction of sp³-hybridized carbons (Fsp3) is 0.350. The van der Waals surface area contributed by atoms with Gasteiger partial charge in [-0.1, -0.05) is 0 Å². The van der Waals surface area contributed by atoms with Crippen LogP contribution in [0.1, 0.15) is 55.9 Å². The molecule has 0 bridgehead atoms. The lowest BCUT2D eigenvalue weighted by Crippen LogP contribution is -2.15. The number of amides is 1. The van der Waals surface area contributed by atoms with Crippen molar-refractivity contribution in [2.45, 2.75) is 39.5 Å². The van der Waals surface area contributed by atoms with E-state index in [1.807, 2.05) is 0 Å². The van der Waals surface area contributed by atoms with E-state index in [1.165, 1.54) is 22.7 Å². The fourth-order valence-electron chi connectivity index (χ4n) is 3.35. The molecule has 0 unspecified atom stereocenters. The van der Waals surface area contributed by atoms with Crippen LogP contribution in [-0.2, 0) is 17.6 Å². The Bertz CT molecular complexity index is 1060. The molecular weight excluding hydrogens is 408 g/mol. The maximum absolute atomic E-state index is 13.0. The lowest BCUT2D eigenvalue weighted by atomic mass is 9.95. The van der Waals surface area contributed by atoms with E-state index < -0.39 is 0 Å². The summed E-state index contributed by atoms with van der Waals surface area (Å²) in [7, 11) is 0. The van der Waals surface area contributed by atoms with Gasteiger partial charge in [0.1, 0.15) is 9.88 Å². The number of aromatic nitrogens is 3. The molecular formula is C20H20N4O3S2. The van der Waals surface area contributed by atoms with E-state index in [4.69, 9.17) is 4.74 Å². The predicted molar refractivity (Wildman–Crippen MR) is 113 cm³/mol. The van der Waals surface area contributed by atoms with Crippen molar-refractivity contribution in [3.63, 3.8) is 0 Å². The number of rotatable bonds is 5. The number of thiazole rings is 1. The van der Waals surface area contributed by atoms with Crippen molar-refractivity contribution in [1.29, 1.82) is 0 Å². The van der Waals surface area contributed by atoms with Gasteiger partial charge in [0.15, 0.2) is 10.8 Å². The summed E-state index contributed by atoms with van der Waals surface area (Å²) in [6, 6.07) is 1.73. The van der Waals surface area contributed by atoms with Gasteiger partial charge in [-0.15, -0.1) is 22.7 Å². The van der Waals surface area contributed by atoms with Gasteiger partial charge in [-0.25, -0.2) is 19.7 Å². The maximum Gasteiger partial charge on any atom is 0.341 e. The second-order valence-corrected chi connectivity index (χ2v) is 8.70. The summed E-state index contributed by atoms with van der Waals surface area (Å²) in [6.07, 6.45) is 7.18. The molecule has 0 atom stereocenters. The topological polar surface area (TPSA) is 94.1 Å². The van der Waals surface area contributed by atoms with E-state index in [1.54, 1.807) is 32.3 Å². The first-order valence-electron chi connectivity index (χ1n) is 9.46. The third-order valence-electron chi connectivity index (χ3n) is 4.64. The zero-order valence-corrected chi connectivity index (χ0v) is 17.8. The fourth-order valence-corrected chi connectivity index (χ4v) is 5.53. The first kappa shape index (κ1) is 19.7. The Morgan fingerprint density at radius 3 is 2.69 bits per heavy atom. The van der Waals surface area contributed by atoms with Crippen LogP contribution in [0.4, 0.5) is 5.00 Å². The third-order valence-corrected chi connectivity index (χ3v) is 7.00. The van der Waals surface area contributed by atoms with Gasteiger partial charge in [-0.05, 0) is 51.2 Å². The molecule has 0 aromatic carbocycles. The van der Waals surface area contributed by atoms with Crippen LogP contribution in [0.25, 0.3) is 10.8 Å². The molecule has 4 rings (SSSR count). The molecule has 1 aliphatic carbocycles. The van der Waals surface area contributed by atoms with E-state index in [-0.39, 0.29) is 11.9 Å². The van der Waals surface area contributed by atoms with Crippen molar-refractivity contribution in [3.8, 4) is 10.8 Å². The molecule has 0 aliphatic heterocycles. The quantitative estimate of drug-likeness (QED) is 0.610. The van der Waals surface area contributed by atoms with E-state index in [0.29, 0.717) is 38.6 Å². The summed E-state index contributed by atoms with van der Waals surface area (Å²) < 4.78 is 5.26. The molecule has 29 heavy (non-hydrogen) atoms. The van der Waals surface area contributed by atoms with Crippen LogP contribution in [0.5, 0.6) is 0 Å². The number of ether oxygens (including phenoxy) is 1. The average molecular weight is 429 g/mol. The number of aryl methyl sites for hydroxylation is 2. The molecule has 0 saturated heterocycles. The Balaban J connectivity index is 1.65. The zero-order chi connectivity index (χ0) is 20.4. The van der Waals surface area contributed by atoms with Gasteiger partial charge in [0.25, 0.3) is 5.91 Å². The van der Waals surface area contributed by atoms with Crippen LogP contribution in [0.3, 0.4) is 0 Å². The summed E-state index contributed by atoms with van der Waals surface area (Å²) in [4.78, 5) is 40.0. The van der Waals surface area contributed by atoms with Crippen LogP contribution < -0.4 is 5.32 Å². The Morgan fingerprint density at radius 2 is 1.93 bits per heavy atom. The van der Waals surface area contributed by atoms with Crippen molar-refractivity contribution in [3.05, 3.63) is 45.0 Å². The van der Waals surface area contributed by atoms with Gasteiger partial charge in [0, 0.05) is 17.3 Å². The molecule has 3 aromatic rings. The number of carbonyl (C=O) groups is 2. The summed E-state index contributed by atoms with van der Waals surface area (Å²) in [5.74, 6) is -0.175. The van der Waals surface area contributed by atoms with E-state index in [0.717, 1.165) is 36.1 Å². The van der Waals surface area contributed by atoms with Gasteiger partial charge < -0.3 is 10.1 Å². The highest BCUT2D eigenvalue weighted by molar-refractivity contribution is 7.18. The zero-order valence-electron chi connectivity index (χ0n) is 16.2. The average Bonchev–Trinajstić information content (AvgIpc) is 3.29. The number of hydrogen-bond donors (Lipinski definition) is 1. The van der Waals surface area contributed by atoms with Crippen LogP contribution in [0.15, 0.2) is 18.5 Å². The second-order valence-electron chi connectivity index (χ2n) is 6.60. The van der Waals surface area contributed by atoms with Crippen molar-refractivity contribution in [1.82, 2.24) is 15.0 Å². The Morgan fingerprint density at radius 1 is 1.17 bits per heavy atom. The predicted octanol–water partition coefficient (Wildman–Crippen LogP) is 4.28. The number of fused-ring (bicyclic) bond motifs is 1. The standard InChI is InChI=1S/C20H20N4O3S2/c1-3-27-20(26)14-12-7-4-5-8-13(12)28-18(14)24-17(25)15-11(2)23-19(29-15)16-21-9-6-10-22-16/h6,9-10H,3-5,7-8H2,1-2H3,(H,24,25). The highest BCUT2D eigenvalue weighted by Crippen LogP contribution is 2.39. The Labute approximate surface area is 176 Å². The third kappa shape index (κ3) is 3.92. The molecule has 0 spiro atoms. The van der Waals surface area contributed by atoms with Crippen LogP contribution >= 0.6 is 22.7 Å². The first-order valence-corrected chi connectivity index (χ1v) is 11.1. The van der Waals surface area contributed by atoms with E-state index in [2.05, 4.69) is 20.3 Å². The summed E-state index contributed by atoms with van der Waals surface area (Å²) in [5, 5.41) is 4.09. The number of carbonyl (C=O) groups excluding carboxylic acids is 2. The van der Waals surface area contributed by atoms with Gasteiger partial charge in [0.2, 0.25) is 0 Å². The Hall–Kier alpha value is -2.65. The van der Waals surface area contributed by atoms with Crippen LogP contribution in [-0.4, -0.2) is 33.4 Å². The number of anilines is 1. The summed E-state index contributed by atoms with van der Waals surface area (Å²) >= 11 is 2.71. The minimum atomic E-state index is -0.374. The molecule has 1 amide bonds. The number of esters is 1. The van der Waals surface area contributed by atoms with Gasteiger partial charge in [-0.3, -0.25) is 4.79 Å². The first-order chi connectivity index (χ1) is 14.1. The van der Waals surface area contributed by atoms with Crippen molar-refractivity contribution < 1.29 is 14.3 Å². The summed E-state index contributed by atoms with van der Waals surface area (Å²) in [6.45, 7) is 3.86. The molecule has 0 saturated carbocycles. The van der Waals surface area contributed by atoms with Gasteiger partial charge in [0.05, 0.1) is 17.9 Å². The number of nitrogens with one attached hydrogen (secondary N) is 1. The van der Waals surface area contributed by atoms with Crippen molar-refractivity contribution in [2.24, 2.45) is 0 Å². The molecule has 3 heterocycles. The molecule has 1 aliphatic rings. The van der Waals surface area contributed by atoms with E-state index >= 15 is 0 Å². The lowest BCUT2D eigenvalue weighted by molar-refractivity contribution is 0.0526. The number of nitrogens with zero attached hydrogens (tertiary/aromatic N) is 3. The van der Waals surface area contributed by atoms with Crippen molar-refractivity contribution in [2.75, 3.05) is 11.9 Å². The van der Waals surface area contributed by atoms with Crippen LogP contribution in [0.2, 0.25) is 0 Å². The second kappa shape index (κ2) is 8.38. The normalized spacial score (nSPS) is 13.0. The highest BCUT2D eigenvalue weighted by Gasteiger charge is 2.28. The van der Waals surface area contributed by atoms with Crippen molar-refractivity contribution >= 4 is 39.6 Å². The largest absolute Gasteiger partial charge is 0.462 e. The molecule has 0 radical (unpaired) electrons. The van der Waals surface area contributed by atoms with Crippen LogP contribution in [0, 0.1) is 6.92 Å². The SMILES string of the molecule is CCOC(=O)c1c(NC(=O)c2sc(-c3ncccn3)nc2C)sc2c1CCCC2. The minimum Gasteiger partial charge on any atom is -0.462 e. The van der Waals surface area contributed by atoms with Gasteiger partial charge >= 0.3 is 5.97 Å². The van der Waals surface area contributed by atoms with Gasteiger partial charge in [-0.2, -0.15) is 0 Å². The molecule has 3 aromatic heterocycles. The molecule has 150 valence electrons. The van der Waals surface area contributed by atoms with E-state index in [9.17, 15) is 9.59 Å². The number of thiophene rings is 1. The molecule has 0 fully saturated rings. The Kier molecular flexibility index (Phi) is 5.68. The number of hydrogen-bond acceptors (Lipinski definition) is 8. The lowest BCUT2D eigenvalue weighted by Gasteiger charge is -2.12. The molecule has 9 heteroatoms. The summed E-state index contributed by atoms with van der Waals surface area (Å²) in [5.41, 5.74) is 2.14. The minimum absolute atomic E-state index is 0.286. The smallest absolute Gasteiger partial charge is 0.341 e. The highest BCUT2D eigenvalue weighted by atomic mass is 32.1. The maximum atomic E-state index is 13.0. The monoisotopic (exact) mass is 428 g/mol. The molecule has 1 N–H and O–H groups in total. The molecule has 7 nitrogen and oxygen atoms in total.